The number of ether oxygens (including phenoxy) is 1. The van der Waals surface area contributed by atoms with Crippen molar-refractivity contribution in [2.24, 2.45) is 0 Å². The van der Waals surface area contributed by atoms with Crippen LogP contribution in [0.5, 0.6) is 5.75 Å². The highest BCUT2D eigenvalue weighted by atomic mass is 35.5. The molecule has 9 heteroatoms. The Labute approximate surface area is 131 Å². The van der Waals surface area contributed by atoms with Gasteiger partial charge in [-0.15, -0.1) is 0 Å². The number of nitro benzene ring substituents is 1. The zero-order valence-corrected chi connectivity index (χ0v) is 12.8. The molecule has 0 unspecified atom stereocenters. The van der Waals surface area contributed by atoms with Gasteiger partial charge in [0.1, 0.15) is 0 Å². The SMILES string of the molecule is CC(=O)c1cc(Cl)c(C)c([N+](=O)[O-])c1OCCCNC(=O)O. The highest BCUT2D eigenvalue weighted by Crippen LogP contribution is 2.39. The van der Waals surface area contributed by atoms with Gasteiger partial charge in [0.2, 0.25) is 5.75 Å². The van der Waals surface area contributed by atoms with Gasteiger partial charge in [-0.1, -0.05) is 11.6 Å². The monoisotopic (exact) mass is 330 g/mol. The highest BCUT2D eigenvalue weighted by molar-refractivity contribution is 6.32. The summed E-state index contributed by atoms with van der Waals surface area (Å²) in [5, 5.41) is 21.9. The van der Waals surface area contributed by atoms with Crippen LogP contribution in [0.1, 0.15) is 29.3 Å². The van der Waals surface area contributed by atoms with Crippen molar-refractivity contribution in [1.82, 2.24) is 5.32 Å². The molecule has 0 radical (unpaired) electrons. The van der Waals surface area contributed by atoms with Crippen molar-refractivity contribution in [3.05, 3.63) is 32.3 Å². The van der Waals surface area contributed by atoms with Crippen molar-refractivity contribution < 1.29 is 24.4 Å². The van der Waals surface area contributed by atoms with E-state index < -0.39 is 16.8 Å². The molecule has 2 N–H and O–H groups in total. The summed E-state index contributed by atoms with van der Waals surface area (Å²) in [6.45, 7) is 2.86. The molecule has 120 valence electrons. The van der Waals surface area contributed by atoms with E-state index in [1.54, 1.807) is 0 Å². The molecule has 0 aliphatic heterocycles. The van der Waals surface area contributed by atoms with Gasteiger partial charge in [-0.25, -0.2) is 4.79 Å². The number of ketones is 1. The number of amides is 1. The average Bonchev–Trinajstić information content (AvgIpc) is 2.40. The van der Waals surface area contributed by atoms with Crippen LogP contribution < -0.4 is 10.1 Å². The second kappa shape index (κ2) is 7.60. The van der Waals surface area contributed by atoms with Crippen LogP contribution >= 0.6 is 11.6 Å². The summed E-state index contributed by atoms with van der Waals surface area (Å²) in [4.78, 5) is 32.5. The first-order chi connectivity index (χ1) is 10.3. The number of benzene rings is 1. The van der Waals surface area contributed by atoms with Crippen molar-refractivity contribution in [1.29, 1.82) is 0 Å². The van der Waals surface area contributed by atoms with Crippen molar-refractivity contribution in [3.8, 4) is 5.75 Å². The molecule has 0 fully saturated rings. The number of carboxylic acid groups (broad SMARTS) is 1. The van der Waals surface area contributed by atoms with Crippen LogP contribution in [0.2, 0.25) is 5.02 Å². The lowest BCUT2D eigenvalue weighted by Crippen LogP contribution is -2.23. The Kier molecular flexibility index (Phi) is 6.11. The lowest BCUT2D eigenvalue weighted by atomic mass is 10.1. The minimum Gasteiger partial charge on any atom is -0.486 e. The molecule has 0 aliphatic carbocycles. The van der Waals surface area contributed by atoms with E-state index >= 15 is 0 Å². The van der Waals surface area contributed by atoms with Crippen LogP contribution in [0.15, 0.2) is 6.07 Å². The summed E-state index contributed by atoms with van der Waals surface area (Å²) < 4.78 is 5.35. The normalized spacial score (nSPS) is 10.1. The zero-order valence-electron chi connectivity index (χ0n) is 12.0. The number of halogens is 1. The summed E-state index contributed by atoms with van der Waals surface area (Å²) in [7, 11) is 0. The Hall–Kier alpha value is -2.35. The molecule has 0 atom stereocenters. The number of rotatable bonds is 7. The minimum atomic E-state index is -1.17. The number of nitrogens with one attached hydrogen (secondary N) is 1. The third-order valence-electron chi connectivity index (χ3n) is 2.85. The van der Waals surface area contributed by atoms with Crippen molar-refractivity contribution in [3.63, 3.8) is 0 Å². The molecule has 1 aromatic carbocycles. The highest BCUT2D eigenvalue weighted by Gasteiger charge is 2.27. The number of hydrogen-bond donors (Lipinski definition) is 2. The van der Waals surface area contributed by atoms with Crippen molar-refractivity contribution in [2.45, 2.75) is 20.3 Å². The fourth-order valence-corrected chi connectivity index (χ4v) is 1.98. The maximum atomic E-state index is 11.6. The number of Topliss-reactive ketones (excluding diaryl/α,β-unsaturated/α-hetero) is 1. The Bertz CT molecular complexity index is 617. The summed E-state index contributed by atoms with van der Waals surface area (Å²) in [5.41, 5.74) is -0.132. The maximum absolute atomic E-state index is 11.6. The topological polar surface area (TPSA) is 119 Å². The number of nitro groups is 1. The second-order valence-electron chi connectivity index (χ2n) is 4.46. The van der Waals surface area contributed by atoms with E-state index in [-0.39, 0.29) is 40.7 Å². The molecule has 0 spiro atoms. The van der Waals surface area contributed by atoms with E-state index in [0.29, 0.717) is 6.42 Å². The molecule has 0 aromatic heterocycles. The van der Waals surface area contributed by atoms with E-state index in [2.05, 4.69) is 5.32 Å². The zero-order chi connectivity index (χ0) is 16.9. The van der Waals surface area contributed by atoms with E-state index in [0.717, 1.165) is 0 Å². The van der Waals surface area contributed by atoms with E-state index in [1.165, 1.54) is 19.9 Å². The molecule has 0 bridgehead atoms. The molecule has 1 rings (SSSR count). The molecule has 0 saturated heterocycles. The average molecular weight is 331 g/mol. The van der Waals surface area contributed by atoms with Crippen LogP contribution in [-0.2, 0) is 0 Å². The summed E-state index contributed by atoms with van der Waals surface area (Å²) in [5.74, 6) is -0.557. The molecule has 1 aromatic rings. The molecule has 8 nitrogen and oxygen atoms in total. The van der Waals surface area contributed by atoms with E-state index in [9.17, 15) is 19.7 Å². The van der Waals surface area contributed by atoms with Gasteiger partial charge >= 0.3 is 11.8 Å². The summed E-state index contributed by atoms with van der Waals surface area (Å²) in [6, 6.07) is 1.33. The van der Waals surface area contributed by atoms with Crippen molar-refractivity contribution >= 4 is 29.2 Å². The van der Waals surface area contributed by atoms with Crippen LogP contribution in [0.3, 0.4) is 0 Å². The molecular formula is C13H15ClN2O6. The number of nitrogens with zero attached hydrogens (tertiary/aromatic N) is 1. The smallest absolute Gasteiger partial charge is 0.404 e. The van der Waals surface area contributed by atoms with Crippen molar-refractivity contribution in [2.75, 3.05) is 13.2 Å². The first-order valence-electron chi connectivity index (χ1n) is 6.33. The number of carbonyl (C=O) groups is 2. The number of hydrogen-bond acceptors (Lipinski definition) is 5. The predicted molar refractivity (Wildman–Crippen MR) is 79.0 cm³/mol. The third kappa shape index (κ3) is 4.32. The molecule has 22 heavy (non-hydrogen) atoms. The fraction of sp³-hybridized carbons (Fsp3) is 0.385. The first-order valence-corrected chi connectivity index (χ1v) is 6.71. The Morgan fingerprint density at radius 2 is 2.14 bits per heavy atom. The molecule has 0 saturated carbocycles. The van der Waals surface area contributed by atoms with Crippen LogP contribution in [-0.4, -0.2) is 35.1 Å². The summed E-state index contributed by atoms with van der Waals surface area (Å²) in [6.07, 6.45) is -0.875. The van der Waals surface area contributed by atoms with Gasteiger partial charge in [0.25, 0.3) is 0 Å². The van der Waals surface area contributed by atoms with Gasteiger partial charge < -0.3 is 15.2 Å². The lowest BCUT2D eigenvalue weighted by molar-refractivity contribution is -0.386. The Balaban J connectivity index is 3.04. The maximum Gasteiger partial charge on any atom is 0.404 e. The second-order valence-corrected chi connectivity index (χ2v) is 4.86. The van der Waals surface area contributed by atoms with Gasteiger partial charge in [0.15, 0.2) is 5.78 Å². The van der Waals surface area contributed by atoms with Crippen LogP contribution in [0.25, 0.3) is 0 Å². The Morgan fingerprint density at radius 1 is 1.50 bits per heavy atom. The molecule has 0 heterocycles. The van der Waals surface area contributed by atoms with E-state index in [1.807, 2.05) is 0 Å². The largest absolute Gasteiger partial charge is 0.486 e. The van der Waals surface area contributed by atoms with E-state index in [4.69, 9.17) is 21.4 Å². The van der Waals surface area contributed by atoms with Gasteiger partial charge in [0, 0.05) is 12.1 Å². The van der Waals surface area contributed by atoms with Gasteiger partial charge in [0.05, 0.1) is 22.1 Å². The first kappa shape index (κ1) is 17.7. The van der Waals surface area contributed by atoms with Gasteiger partial charge in [-0.3, -0.25) is 14.9 Å². The van der Waals surface area contributed by atoms with Gasteiger partial charge in [-0.05, 0) is 26.3 Å². The minimum absolute atomic E-state index is 0.0163. The van der Waals surface area contributed by atoms with Crippen LogP contribution in [0.4, 0.5) is 10.5 Å². The lowest BCUT2D eigenvalue weighted by Gasteiger charge is -2.13. The summed E-state index contributed by atoms with van der Waals surface area (Å²) >= 11 is 5.91. The Morgan fingerprint density at radius 3 is 2.64 bits per heavy atom. The quantitative estimate of drug-likeness (QED) is 0.343. The number of carbonyl (C=O) groups excluding carboxylic acids is 1. The standard InChI is InChI=1S/C13H15ClN2O6/c1-7-10(14)6-9(8(2)17)12(11(7)16(20)21)22-5-3-4-15-13(18)19/h6,15H,3-5H2,1-2H3,(H,18,19). The fourth-order valence-electron chi connectivity index (χ4n) is 1.78. The molecule has 0 aliphatic rings. The predicted octanol–water partition coefficient (Wildman–Crippen LogP) is 2.80. The third-order valence-corrected chi connectivity index (χ3v) is 3.24. The van der Waals surface area contributed by atoms with Crippen LogP contribution in [0, 0.1) is 17.0 Å². The van der Waals surface area contributed by atoms with Gasteiger partial charge in [-0.2, -0.15) is 0 Å². The molecule has 1 amide bonds. The molecular weight excluding hydrogens is 316 g/mol.